The van der Waals surface area contributed by atoms with Gasteiger partial charge in [0.05, 0.1) is 10.7 Å². The summed E-state index contributed by atoms with van der Waals surface area (Å²) in [6, 6.07) is 4.83. The molecule has 1 aliphatic carbocycles. The van der Waals surface area contributed by atoms with Crippen LogP contribution in [0, 0.1) is 5.92 Å². The maximum absolute atomic E-state index is 11.8. The van der Waals surface area contributed by atoms with Gasteiger partial charge in [-0.3, -0.25) is 0 Å². The molecule has 0 atom stereocenters. The van der Waals surface area contributed by atoms with Crippen molar-refractivity contribution in [3.8, 4) is 0 Å². The summed E-state index contributed by atoms with van der Waals surface area (Å²) in [6.07, 6.45) is 6.30. The van der Waals surface area contributed by atoms with Gasteiger partial charge in [-0.1, -0.05) is 30.9 Å². The Morgan fingerprint density at radius 3 is 2.74 bits per heavy atom. The first-order chi connectivity index (χ1) is 9.15. The molecule has 0 bridgehead atoms. The fourth-order valence-corrected chi connectivity index (χ4v) is 2.66. The Labute approximate surface area is 118 Å². The number of nitrogens with one attached hydrogen (secondary N) is 2. The van der Waals surface area contributed by atoms with E-state index in [4.69, 9.17) is 17.3 Å². The van der Waals surface area contributed by atoms with Crippen LogP contribution < -0.4 is 16.4 Å². The molecule has 0 aromatic heterocycles. The summed E-state index contributed by atoms with van der Waals surface area (Å²) >= 11 is 6.00. The minimum absolute atomic E-state index is 0.211. The third kappa shape index (κ3) is 4.31. The van der Waals surface area contributed by atoms with Crippen LogP contribution in [0.4, 0.5) is 16.2 Å². The molecule has 19 heavy (non-hydrogen) atoms. The summed E-state index contributed by atoms with van der Waals surface area (Å²) in [5.74, 6) is 0.612. The van der Waals surface area contributed by atoms with Crippen LogP contribution in [0.1, 0.15) is 32.1 Å². The maximum Gasteiger partial charge on any atom is 0.319 e. The highest BCUT2D eigenvalue weighted by atomic mass is 35.5. The van der Waals surface area contributed by atoms with Gasteiger partial charge >= 0.3 is 6.03 Å². The third-order valence-corrected chi connectivity index (χ3v) is 3.83. The van der Waals surface area contributed by atoms with Crippen LogP contribution in [0.5, 0.6) is 0 Å². The Balaban J connectivity index is 1.80. The second-order valence-electron chi connectivity index (χ2n) is 5.08. The number of hydrogen-bond donors (Lipinski definition) is 3. The van der Waals surface area contributed by atoms with Gasteiger partial charge in [-0.25, -0.2) is 4.79 Å². The molecule has 1 saturated carbocycles. The quantitative estimate of drug-likeness (QED) is 0.741. The highest BCUT2D eigenvalue weighted by Gasteiger charge is 2.14. The van der Waals surface area contributed by atoms with Gasteiger partial charge in [-0.15, -0.1) is 0 Å². The van der Waals surface area contributed by atoms with Crippen LogP contribution in [0.15, 0.2) is 18.2 Å². The molecule has 5 heteroatoms. The molecule has 4 nitrogen and oxygen atoms in total. The molecule has 0 aliphatic heterocycles. The number of anilines is 2. The van der Waals surface area contributed by atoms with Gasteiger partial charge in [0, 0.05) is 12.2 Å². The Hall–Kier alpha value is -1.42. The number of rotatable bonds is 3. The topological polar surface area (TPSA) is 67.1 Å². The van der Waals surface area contributed by atoms with E-state index < -0.39 is 0 Å². The fourth-order valence-electron chi connectivity index (χ4n) is 2.43. The lowest BCUT2D eigenvalue weighted by Crippen LogP contribution is -2.33. The van der Waals surface area contributed by atoms with Crippen molar-refractivity contribution in [1.82, 2.24) is 5.32 Å². The lowest BCUT2D eigenvalue weighted by atomic mass is 9.89. The van der Waals surface area contributed by atoms with E-state index >= 15 is 0 Å². The molecule has 0 heterocycles. The summed E-state index contributed by atoms with van der Waals surface area (Å²) in [5, 5.41) is 6.09. The number of halogens is 1. The van der Waals surface area contributed by atoms with E-state index in [9.17, 15) is 4.79 Å². The Kier molecular flexibility index (Phi) is 4.91. The van der Waals surface area contributed by atoms with Crippen molar-refractivity contribution < 1.29 is 4.79 Å². The lowest BCUT2D eigenvalue weighted by Gasteiger charge is -2.21. The highest BCUT2D eigenvalue weighted by Crippen LogP contribution is 2.24. The minimum Gasteiger partial charge on any atom is -0.399 e. The number of hydrogen-bond acceptors (Lipinski definition) is 2. The van der Waals surface area contributed by atoms with Gasteiger partial charge in [0.2, 0.25) is 0 Å². The monoisotopic (exact) mass is 281 g/mol. The summed E-state index contributed by atoms with van der Waals surface area (Å²) in [6.45, 7) is 0.735. The van der Waals surface area contributed by atoms with Gasteiger partial charge in [-0.2, -0.15) is 0 Å². The zero-order valence-electron chi connectivity index (χ0n) is 10.9. The number of urea groups is 1. The van der Waals surface area contributed by atoms with Gasteiger partial charge in [-0.05, 0) is 37.0 Å². The Morgan fingerprint density at radius 1 is 1.32 bits per heavy atom. The van der Waals surface area contributed by atoms with Crippen molar-refractivity contribution in [2.45, 2.75) is 32.1 Å². The molecular weight excluding hydrogens is 262 g/mol. The summed E-state index contributed by atoms with van der Waals surface area (Å²) in [7, 11) is 0. The van der Waals surface area contributed by atoms with Crippen molar-refractivity contribution in [2.24, 2.45) is 5.92 Å². The SMILES string of the molecule is Nc1ccc(NC(=O)NCC2CCCCC2)c(Cl)c1. The second-order valence-corrected chi connectivity index (χ2v) is 5.49. The Morgan fingerprint density at radius 2 is 2.05 bits per heavy atom. The normalized spacial score (nSPS) is 16.1. The number of nitrogen functional groups attached to an aromatic ring is 1. The molecule has 0 spiro atoms. The zero-order chi connectivity index (χ0) is 13.7. The highest BCUT2D eigenvalue weighted by molar-refractivity contribution is 6.34. The zero-order valence-corrected chi connectivity index (χ0v) is 11.7. The predicted molar refractivity (Wildman–Crippen MR) is 79.5 cm³/mol. The summed E-state index contributed by atoms with van der Waals surface area (Å²) in [5.41, 5.74) is 6.76. The maximum atomic E-state index is 11.8. The average molecular weight is 282 g/mol. The number of carbonyl (C=O) groups excluding carboxylic acids is 1. The first kappa shape index (κ1) is 14.0. The van der Waals surface area contributed by atoms with E-state index in [0.29, 0.717) is 22.3 Å². The molecule has 1 aromatic carbocycles. The van der Waals surface area contributed by atoms with Gasteiger partial charge < -0.3 is 16.4 Å². The molecule has 0 radical (unpaired) electrons. The third-order valence-electron chi connectivity index (χ3n) is 3.52. The van der Waals surface area contributed by atoms with E-state index in [-0.39, 0.29) is 6.03 Å². The minimum atomic E-state index is -0.211. The molecule has 104 valence electrons. The summed E-state index contributed by atoms with van der Waals surface area (Å²) in [4.78, 5) is 11.8. The standard InChI is InChI=1S/C14H20ClN3O/c15-12-8-11(16)6-7-13(12)18-14(19)17-9-10-4-2-1-3-5-10/h6-8,10H,1-5,9,16H2,(H2,17,18,19). The predicted octanol–water partition coefficient (Wildman–Crippen LogP) is 3.62. The van der Waals surface area contributed by atoms with E-state index in [0.717, 1.165) is 6.54 Å². The van der Waals surface area contributed by atoms with Crippen LogP contribution in [0.2, 0.25) is 5.02 Å². The molecule has 2 amide bonds. The van der Waals surface area contributed by atoms with E-state index in [1.807, 2.05) is 0 Å². The van der Waals surface area contributed by atoms with Gasteiger partial charge in [0.15, 0.2) is 0 Å². The number of benzene rings is 1. The van der Waals surface area contributed by atoms with E-state index in [1.165, 1.54) is 32.1 Å². The Bertz CT molecular complexity index is 444. The van der Waals surface area contributed by atoms with Crippen LogP contribution in [-0.2, 0) is 0 Å². The molecule has 0 unspecified atom stereocenters. The van der Waals surface area contributed by atoms with E-state index in [1.54, 1.807) is 18.2 Å². The van der Waals surface area contributed by atoms with Crippen molar-refractivity contribution in [3.63, 3.8) is 0 Å². The largest absolute Gasteiger partial charge is 0.399 e. The van der Waals surface area contributed by atoms with Gasteiger partial charge in [0.1, 0.15) is 0 Å². The van der Waals surface area contributed by atoms with Crippen LogP contribution >= 0.6 is 11.6 Å². The molecule has 1 aliphatic rings. The van der Waals surface area contributed by atoms with Crippen molar-refractivity contribution in [1.29, 1.82) is 0 Å². The van der Waals surface area contributed by atoms with Crippen LogP contribution in [0.3, 0.4) is 0 Å². The molecule has 4 N–H and O–H groups in total. The van der Waals surface area contributed by atoms with Gasteiger partial charge in [0.25, 0.3) is 0 Å². The lowest BCUT2D eigenvalue weighted by molar-refractivity contribution is 0.247. The first-order valence-corrected chi connectivity index (χ1v) is 7.13. The molecule has 2 rings (SSSR count). The van der Waals surface area contributed by atoms with Crippen LogP contribution in [0.25, 0.3) is 0 Å². The summed E-state index contributed by atoms with van der Waals surface area (Å²) < 4.78 is 0. The van der Waals surface area contributed by atoms with E-state index in [2.05, 4.69) is 10.6 Å². The van der Waals surface area contributed by atoms with Crippen LogP contribution in [-0.4, -0.2) is 12.6 Å². The molecule has 0 saturated heterocycles. The van der Waals surface area contributed by atoms with Crippen molar-refractivity contribution in [2.75, 3.05) is 17.6 Å². The van der Waals surface area contributed by atoms with Crippen molar-refractivity contribution >= 4 is 29.0 Å². The van der Waals surface area contributed by atoms with Crippen molar-refractivity contribution in [3.05, 3.63) is 23.2 Å². The number of carbonyl (C=O) groups is 1. The molecule has 1 fully saturated rings. The number of amides is 2. The fraction of sp³-hybridized carbons (Fsp3) is 0.500. The average Bonchev–Trinajstić information content (AvgIpc) is 2.41. The molecule has 1 aromatic rings. The second kappa shape index (κ2) is 6.66. The molecular formula is C14H20ClN3O. The number of nitrogens with two attached hydrogens (primary N) is 1. The first-order valence-electron chi connectivity index (χ1n) is 6.75. The smallest absolute Gasteiger partial charge is 0.319 e.